The number of ether oxygens (including phenoxy) is 1. The van der Waals surface area contributed by atoms with Gasteiger partial charge in [-0.25, -0.2) is 4.79 Å². The number of rotatable bonds is 2. The summed E-state index contributed by atoms with van der Waals surface area (Å²) in [5.74, 6) is -1.61. The molecule has 1 aliphatic heterocycles. The van der Waals surface area contributed by atoms with E-state index in [1.165, 1.54) is 19.2 Å². The van der Waals surface area contributed by atoms with Crippen LogP contribution in [0.1, 0.15) is 39.7 Å². The van der Waals surface area contributed by atoms with Crippen LogP contribution >= 0.6 is 0 Å². The molecule has 1 aromatic carbocycles. The van der Waals surface area contributed by atoms with Crippen molar-refractivity contribution in [3.63, 3.8) is 0 Å². The van der Waals surface area contributed by atoms with Crippen LogP contribution in [0.5, 0.6) is 11.8 Å². The van der Waals surface area contributed by atoms with E-state index >= 15 is 0 Å². The van der Waals surface area contributed by atoms with Gasteiger partial charge in [0, 0.05) is 18.9 Å². The Bertz CT molecular complexity index is 1030. The zero-order valence-corrected chi connectivity index (χ0v) is 16.5. The number of hydrogen-bond donors (Lipinski definition) is 2. The van der Waals surface area contributed by atoms with Gasteiger partial charge in [0.1, 0.15) is 11.6 Å². The molecule has 2 aromatic rings. The maximum absolute atomic E-state index is 12.5. The van der Waals surface area contributed by atoms with Crippen LogP contribution in [0.3, 0.4) is 0 Å². The van der Waals surface area contributed by atoms with E-state index in [1.54, 1.807) is 26.8 Å². The number of likely N-dealkylation sites (N-methyl/N-ethyl adjacent to an activating group) is 1. The number of benzene rings is 1. The predicted molar refractivity (Wildman–Crippen MR) is 102 cm³/mol. The minimum Gasteiger partial charge on any atom is -0.494 e. The van der Waals surface area contributed by atoms with Crippen LogP contribution in [0, 0.1) is 0 Å². The van der Waals surface area contributed by atoms with E-state index < -0.39 is 29.5 Å². The number of imide groups is 1. The highest BCUT2D eigenvalue weighted by Crippen LogP contribution is 2.45. The van der Waals surface area contributed by atoms with Gasteiger partial charge in [0.25, 0.3) is 5.91 Å². The number of fused-ring (bicyclic) bond motifs is 1. The van der Waals surface area contributed by atoms with Crippen LogP contribution in [0.2, 0.25) is 0 Å². The molecule has 1 aromatic heterocycles. The summed E-state index contributed by atoms with van der Waals surface area (Å²) >= 11 is 0. The first-order chi connectivity index (χ1) is 13.5. The summed E-state index contributed by atoms with van der Waals surface area (Å²) in [6.45, 7) is 5.07. The van der Waals surface area contributed by atoms with Gasteiger partial charge in [-0.15, -0.1) is 5.11 Å². The van der Waals surface area contributed by atoms with Gasteiger partial charge in [0.2, 0.25) is 17.7 Å². The normalized spacial score (nSPS) is 18.1. The van der Waals surface area contributed by atoms with E-state index in [-0.39, 0.29) is 41.1 Å². The lowest BCUT2D eigenvalue weighted by Gasteiger charge is -2.29. The van der Waals surface area contributed by atoms with Gasteiger partial charge in [-0.05, 0) is 39.3 Å². The fraction of sp³-hybridized carbons (Fsp3) is 0.421. The number of carbonyl (C=O) groups is 3. The van der Waals surface area contributed by atoms with Gasteiger partial charge in [-0.2, -0.15) is 0 Å². The molecule has 0 radical (unpaired) electrons. The number of hydrogen-bond acceptors (Lipinski definition) is 7. The molecule has 29 heavy (non-hydrogen) atoms. The van der Waals surface area contributed by atoms with E-state index in [2.05, 4.69) is 10.2 Å². The van der Waals surface area contributed by atoms with E-state index in [0.29, 0.717) is 0 Å². The van der Waals surface area contributed by atoms with E-state index in [9.17, 15) is 24.6 Å². The van der Waals surface area contributed by atoms with Gasteiger partial charge in [0.05, 0.1) is 11.1 Å². The van der Waals surface area contributed by atoms with Crippen molar-refractivity contribution in [3.8, 4) is 11.8 Å². The third-order valence-corrected chi connectivity index (χ3v) is 4.53. The first kappa shape index (κ1) is 20.3. The Kier molecular flexibility index (Phi) is 5.04. The van der Waals surface area contributed by atoms with Crippen molar-refractivity contribution in [1.29, 1.82) is 0 Å². The molecule has 10 nitrogen and oxygen atoms in total. The Morgan fingerprint density at radius 1 is 1.21 bits per heavy atom. The summed E-state index contributed by atoms with van der Waals surface area (Å²) in [5, 5.41) is 29.1. The number of aromatic nitrogens is 1. The molecule has 3 amide bonds. The fourth-order valence-electron chi connectivity index (χ4n) is 3.20. The summed E-state index contributed by atoms with van der Waals surface area (Å²) in [7, 11) is 1.36. The number of piperidine rings is 1. The summed E-state index contributed by atoms with van der Waals surface area (Å²) in [6, 6.07) is 3.65. The highest BCUT2D eigenvalue weighted by atomic mass is 16.6. The van der Waals surface area contributed by atoms with Crippen LogP contribution < -0.4 is 0 Å². The van der Waals surface area contributed by atoms with Gasteiger partial charge in [-0.1, -0.05) is 11.2 Å². The molecular formula is C19H22N4O6. The lowest BCUT2D eigenvalue weighted by Crippen LogP contribution is -2.43. The first-order valence-electron chi connectivity index (χ1n) is 9.01. The van der Waals surface area contributed by atoms with Crippen molar-refractivity contribution in [2.24, 2.45) is 10.2 Å². The van der Waals surface area contributed by atoms with Gasteiger partial charge >= 0.3 is 6.09 Å². The van der Waals surface area contributed by atoms with Crippen molar-refractivity contribution in [2.45, 2.75) is 45.3 Å². The second-order valence-electron chi connectivity index (χ2n) is 7.74. The van der Waals surface area contributed by atoms with Crippen LogP contribution in [0.4, 0.5) is 10.5 Å². The Hall–Kier alpha value is -3.43. The van der Waals surface area contributed by atoms with E-state index in [0.717, 1.165) is 9.47 Å². The molecule has 2 N–H and O–H groups in total. The summed E-state index contributed by atoms with van der Waals surface area (Å²) in [4.78, 5) is 37.0. The molecule has 154 valence electrons. The van der Waals surface area contributed by atoms with Gasteiger partial charge < -0.3 is 14.9 Å². The molecule has 1 aliphatic rings. The van der Waals surface area contributed by atoms with Crippen LogP contribution in [0.15, 0.2) is 28.4 Å². The Labute approximate surface area is 166 Å². The summed E-state index contributed by atoms with van der Waals surface area (Å²) in [6.07, 6.45) is -0.662. The molecule has 10 heteroatoms. The Morgan fingerprint density at radius 3 is 2.55 bits per heavy atom. The number of aromatic hydroxyl groups is 2. The van der Waals surface area contributed by atoms with Crippen molar-refractivity contribution in [3.05, 3.63) is 18.2 Å². The highest BCUT2D eigenvalue weighted by molar-refractivity contribution is 6.03. The molecule has 0 spiro atoms. The van der Waals surface area contributed by atoms with Crippen LogP contribution in [-0.2, 0) is 14.3 Å². The molecule has 0 aliphatic carbocycles. The third-order valence-electron chi connectivity index (χ3n) is 4.53. The standard InChI is InChI=1S/C19H22N4O6/c1-19(2,3)29-18(28)21-20-11-7-5-6-10-14(11)17(27)23(15(10)25)12-8-9-13(24)22(4)16(12)26/h5-7,12,25,27H,8-9H2,1-4H3. The highest BCUT2D eigenvalue weighted by Gasteiger charge is 2.36. The topological polar surface area (TPSA) is 134 Å². The fourth-order valence-corrected chi connectivity index (χ4v) is 3.20. The smallest absolute Gasteiger partial charge is 0.452 e. The number of azo groups is 1. The third kappa shape index (κ3) is 3.78. The van der Waals surface area contributed by atoms with E-state index in [4.69, 9.17) is 4.74 Å². The number of amides is 3. The molecule has 1 saturated heterocycles. The first-order valence-corrected chi connectivity index (χ1v) is 9.01. The number of carbonyl (C=O) groups excluding carboxylic acids is 3. The second-order valence-corrected chi connectivity index (χ2v) is 7.74. The SMILES string of the molecule is CN1C(=O)CCC(n2c(O)c3cccc(N=NC(=O)OC(C)(C)C)c3c2O)C1=O. The molecule has 1 atom stereocenters. The summed E-state index contributed by atoms with van der Waals surface area (Å²) in [5.41, 5.74) is -0.621. The van der Waals surface area contributed by atoms with Crippen LogP contribution in [-0.4, -0.2) is 50.2 Å². The number of nitrogens with zero attached hydrogens (tertiary/aromatic N) is 4. The second kappa shape index (κ2) is 7.19. The van der Waals surface area contributed by atoms with E-state index in [1.807, 2.05) is 0 Å². The molecule has 2 heterocycles. The van der Waals surface area contributed by atoms with Gasteiger partial charge in [0.15, 0.2) is 0 Å². The lowest BCUT2D eigenvalue weighted by molar-refractivity contribution is -0.149. The maximum Gasteiger partial charge on any atom is 0.452 e. The summed E-state index contributed by atoms with van der Waals surface area (Å²) < 4.78 is 6.14. The molecule has 0 bridgehead atoms. The molecule has 1 unspecified atom stereocenters. The van der Waals surface area contributed by atoms with Crippen molar-refractivity contribution >= 4 is 34.4 Å². The minimum atomic E-state index is -0.944. The Morgan fingerprint density at radius 2 is 1.90 bits per heavy atom. The monoisotopic (exact) mass is 402 g/mol. The van der Waals surface area contributed by atoms with Crippen LogP contribution in [0.25, 0.3) is 10.8 Å². The average Bonchev–Trinajstić information content (AvgIpc) is 2.89. The van der Waals surface area contributed by atoms with Crippen molar-refractivity contribution < 1.29 is 29.3 Å². The lowest BCUT2D eigenvalue weighted by atomic mass is 10.0. The zero-order valence-electron chi connectivity index (χ0n) is 16.5. The predicted octanol–water partition coefficient (Wildman–Crippen LogP) is 3.39. The quantitative estimate of drug-likeness (QED) is 0.584. The molecular weight excluding hydrogens is 380 g/mol. The minimum absolute atomic E-state index is 0.103. The maximum atomic E-state index is 12.5. The number of likely N-dealkylation sites (tertiary alicyclic amines) is 1. The molecule has 0 saturated carbocycles. The Balaban J connectivity index is 2.04. The largest absolute Gasteiger partial charge is 0.494 e. The zero-order chi connectivity index (χ0) is 21.5. The molecule has 1 fully saturated rings. The average molecular weight is 402 g/mol. The van der Waals surface area contributed by atoms with Gasteiger partial charge in [-0.3, -0.25) is 19.1 Å². The molecule has 3 rings (SSSR count). The van der Waals surface area contributed by atoms with Crippen molar-refractivity contribution in [2.75, 3.05) is 7.05 Å². The van der Waals surface area contributed by atoms with Crippen molar-refractivity contribution in [1.82, 2.24) is 9.47 Å².